The molecule has 2 aromatic rings. The summed E-state index contributed by atoms with van der Waals surface area (Å²) >= 11 is 0. The lowest BCUT2D eigenvalue weighted by Crippen LogP contribution is -2.28. The second-order valence-corrected chi connectivity index (χ2v) is 4.90. The highest BCUT2D eigenvalue weighted by molar-refractivity contribution is 6.52. The monoisotopic (exact) mass is 262 g/mol. The Kier molecular flexibility index (Phi) is 2.18. The fourth-order valence-corrected chi connectivity index (χ4v) is 2.73. The SMILES string of the molecule is O=C1C(=O)c2ccccc2C2=C1Cc1ccccc1O2. The Bertz CT molecular complexity index is 799. The number of para-hydroxylation sites is 1. The summed E-state index contributed by atoms with van der Waals surface area (Å²) in [6.07, 6.45) is 0.449. The van der Waals surface area contributed by atoms with E-state index in [-0.39, 0.29) is 0 Å². The molecule has 0 saturated heterocycles. The van der Waals surface area contributed by atoms with Crippen molar-refractivity contribution in [2.24, 2.45) is 0 Å². The fraction of sp³-hybridized carbons (Fsp3) is 0.0588. The van der Waals surface area contributed by atoms with Crippen LogP contribution in [0.5, 0.6) is 5.75 Å². The number of allylic oxidation sites excluding steroid dienone is 1. The smallest absolute Gasteiger partial charge is 0.234 e. The quantitative estimate of drug-likeness (QED) is 0.686. The zero-order valence-electron chi connectivity index (χ0n) is 10.6. The molecule has 0 spiro atoms. The van der Waals surface area contributed by atoms with Gasteiger partial charge in [-0.15, -0.1) is 0 Å². The van der Waals surface area contributed by atoms with E-state index in [1.165, 1.54) is 0 Å². The van der Waals surface area contributed by atoms with Crippen molar-refractivity contribution < 1.29 is 14.3 Å². The van der Waals surface area contributed by atoms with Gasteiger partial charge in [-0.1, -0.05) is 42.5 Å². The molecule has 0 N–H and O–H groups in total. The van der Waals surface area contributed by atoms with Crippen LogP contribution in [0.3, 0.4) is 0 Å². The van der Waals surface area contributed by atoms with Crippen LogP contribution in [0.2, 0.25) is 0 Å². The Morgan fingerprint density at radius 3 is 2.35 bits per heavy atom. The van der Waals surface area contributed by atoms with E-state index in [0.29, 0.717) is 28.9 Å². The number of carbonyl (C=O) groups excluding carboxylic acids is 2. The Labute approximate surface area is 115 Å². The highest BCUT2D eigenvalue weighted by Gasteiger charge is 2.36. The molecule has 20 heavy (non-hydrogen) atoms. The molecule has 1 heterocycles. The third kappa shape index (κ3) is 1.40. The van der Waals surface area contributed by atoms with Gasteiger partial charge in [0, 0.05) is 17.5 Å². The number of benzene rings is 2. The summed E-state index contributed by atoms with van der Waals surface area (Å²) in [7, 11) is 0. The first kappa shape index (κ1) is 11.2. The van der Waals surface area contributed by atoms with Crippen LogP contribution in [-0.2, 0) is 11.2 Å². The van der Waals surface area contributed by atoms with E-state index < -0.39 is 11.6 Å². The average Bonchev–Trinajstić information content (AvgIpc) is 2.51. The van der Waals surface area contributed by atoms with Crippen LogP contribution in [0.4, 0.5) is 0 Å². The van der Waals surface area contributed by atoms with Gasteiger partial charge in [-0.3, -0.25) is 9.59 Å². The third-order valence-corrected chi connectivity index (χ3v) is 3.72. The molecule has 0 amide bonds. The lowest BCUT2D eigenvalue weighted by Gasteiger charge is -2.26. The highest BCUT2D eigenvalue weighted by Crippen LogP contribution is 2.38. The lowest BCUT2D eigenvalue weighted by atomic mass is 9.84. The molecule has 0 saturated carbocycles. The minimum atomic E-state index is -0.451. The zero-order valence-corrected chi connectivity index (χ0v) is 10.6. The summed E-state index contributed by atoms with van der Waals surface area (Å²) in [5.41, 5.74) is 2.54. The summed E-state index contributed by atoms with van der Waals surface area (Å²) in [5, 5.41) is 0. The van der Waals surface area contributed by atoms with Crippen molar-refractivity contribution in [3.63, 3.8) is 0 Å². The molecule has 1 aliphatic carbocycles. The molecule has 0 aromatic heterocycles. The molecule has 96 valence electrons. The standard InChI is InChI=1S/C17H10O3/c18-15-11-6-2-3-7-12(11)17-13(16(15)19)9-10-5-1-4-8-14(10)20-17/h1-8H,9H2. The molecule has 2 aromatic carbocycles. The highest BCUT2D eigenvalue weighted by atomic mass is 16.5. The molecule has 0 atom stereocenters. The van der Waals surface area contributed by atoms with E-state index in [0.717, 1.165) is 11.3 Å². The normalized spacial score (nSPS) is 16.2. The zero-order chi connectivity index (χ0) is 13.7. The number of ketones is 2. The largest absolute Gasteiger partial charge is 0.456 e. The topological polar surface area (TPSA) is 43.4 Å². The van der Waals surface area contributed by atoms with Crippen LogP contribution < -0.4 is 4.74 Å². The van der Waals surface area contributed by atoms with Crippen molar-refractivity contribution in [2.45, 2.75) is 6.42 Å². The van der Waals surface area contributed by atoms with Crippen LogP contribution in [-0.4, -0.2) is 11.6 Å². The number of hydrogen-bond donors (Lipinski definition) is 0. The van der Waals surface area contributed by atoms with Gasteiger partial charge in [0.1, 0.15) is 11.5 Å². The van der Waals surface area contributed by atoms with Crippen molar-refractivity contribution in [3.8, 4) is 5.75 Å². The predicted molar refractivity (Wildman–Crippen MR) is 73.5 cm³/mol. The van der Waals surface area contributed by atoms with Gasteiger partial charge in [0.15, 0.2) is 0 Å². The van der Waals surface area contributed by atoms with Crippen LogP contribution in [0.1, 0.15) is 21.5 Å². The van der Waals surface area contributed by atoms with Gasteiger partial charge in [0.2, 0.25) is 11.6 Å². The third-order valence-electron chi connectivity index (χ3n) is 3.72. The number of fused-ring (bicyclic) bond motifs is 3. The first-order chi connectivity index (χ1) is 9.75. The van der Waals surface area contributed by atoms with Crippen LogP contribution in [0.15, 0.2) is 54.1 Å². The maximum absolute atomic E-state index is 12.2. The van der Waals surface area contributed by atoms with Gasteiger partial charge in [0.25, 0.3) is 0 Å². The minimum absolute atomic E-state index is 0.427. The van der Waals surface area contributed by atoms with Gasteiger partial charge in [-0.25, -0.2) is 0 Å². The van der Waals surface area contributed by atoms with E-state index in [4.69, 9.17) is 4.74 Å². The molecular weight excluding hydrogens is 252 g/mol. The van der Waals surface area contributed by atoms with Crippen LogP contribution in [0, 0.1) is 0 Å². The molecule has 0 unspecified atom stereocenters. The van der Waals surface area contributed by atoms with Gasteiger partial charge in [-0.05, 0) is 11.6 Å². The van der Waals surface area contributed by atoms with E-state index in [1.54, 1.807) is 12.1 Å². The second kappa shape index (κ2) is 3.90. The Morgan fingerprint density at radius 1 is 0.800 bits per heavy atom. The van der Waals surface area contributed by atoms with Crippen molar-refractivity contribution in [3.05, 3.63) is 70.8 Å². The lowest BCUT2D eigenvalue weighted by molar-refractivity contribution is -0.112. The van der Waals surface area contributed by atoms with Gasteiger partial charge in [-0.2, -0.15) is 0 Å². The number of hydrogen-bond acceptors (Lipinski definition) is 3. The molecular formula is C17H10O3. The summed E-state index contributed by atoms with van der Waals surface area (Å²) in [6, 6.07) is 14.7. The average molecular weight is 262 g/mol. The van der Waals surface area contributed by atoms with Crippen molar-refractivity contribution in [1.29, 1.82) is 0 Å². The molecule has 0 radical (unpaired) electrons. The maximum Gasteiger partial charge on any atom is 0.234 e. The summed E-state index contributed by atoms with van der Waals surface area (Å²) < 4.78 is 5.89. The van der Waals surface area contributed by atoms with Gasteiger partial charge < -0.3 is 4.74 Å². The summed E-state index contributed by atoms with van der Waals surface area (Å²) in [5.74, 6) is 0.391. The molecule has 1 aliphatic heterocycles. The molecule has 4 rings (SSSR count). The van der Waals surface area contributed by atoms with Gasteiger partial charge in [0.05, 0.1) is 5.57 Å². The van der Waals surface area contributed by atoms with Crippen LogP contribution >= 0.6 is 0 Å². The maximum atomic E-state index is 12.2. The summed E-state index contributed by atoms with van der Waals surface area (Å²) in [6.45, 7) is 0. The minimum Gasteiger partial charge on any atom is -0.456 e. The van der Waals surface area contributed by atoms with Crippen molar-refractivity contribution >= 4 is 17.3 Å². The molecule has 3 nitrogen and oxygen atoms in total. The Balaban J connectivity index is 1.96. The Morgan fingerprint density at radius 2 is 1.50 bits per heavy atom. The first-order valence-electron chi connectivity index (χ1n) is 6.43. The number of rotatable bonds is 0. The van der Waals surface area contributed by atoms with Crippen LogP contribution in [0.25, 0.3) is 5.76 Å². The van der Waals surface area contributed by atoms with E-state index in [1.807, 2.05) is 36.4 Å². The molecule has 0 fully saturated rings. The van der Waals surface area contributed by atoms with E-state index in [2.05, 4.69) is 0 Å². The van der Waals surface area contributed by atoms with Crippen molar-refractivity contribution in [1.82, 2.24) is 0 Å². The molecule has 3 heteroatoms. The van der Waals surface area contributed by atoms with Gasteiger partial charge >= 0.3 is 0 Å². The molecule has 2 aliphatic rings. The van der Waals surface area contributed by atoms with E-state index >= 15 is 0 Å². The molecule has 0 bridgehead atoms. The fourth-order valence-electron chi connectivity index (χ4n) is 2.73. The number of carbonyl (C=O) groups is 2. The second-order valence-electron chi connectivity index (χ2n) is 4.90. The number of ether oxygens (including phenoxy) is 1. The summed E-state index contributed by atoms with van der Waals surface area (Å²) in [4.78, 5) is 24.4. The first-order valence-corrected chi connectivity index (χ1v) is 6.43. The predicted octanol–water partition coefficient (Wildman–Crippen LogP) is 2.80. The Hall–Kier alpha value is -2.68. The van der Waals surface area contributed by atoms with E-state index in [9.17, 15) is 9.59 Å². The van der Waals surface area contributed by atoms with Crippen molar-refractivity contribution in [2.75, 3.05) is 0 Å². The number of Topliss-reactive ketones (excluding diaryl/α,β-unsaturated/α-hetero) is 2.